The van der Waals surface area contributed by atoms with Gasteiger partial charge in [0.2, 0.25) is 0 Å². The van der Waals surface area contributed by atoms with Crippen LogP contribution >= 0.6 is 0 Å². The number of nitrogens with zero attached hydrogens (tertiary/aromatic N) is 2. The smallest absolute Gasteiger partial charge is 0.342 e. The van der Waals surface area contributed by atoms with Crippen LogP contribution in [0.15, 0.2) is 11.2 Å². The molecule has 0 amide bonds. The highest BCUT2D eigenvalue weighted by Crippen LogP contribution is 2.12. The summed E-state index contributed by atoms with van der Waals surface area (Å²) in [5.74, 6) is -0.710. The Morgan fingerprint density at radius 1 is 1.45 bits per heavy atom. The van der Waals surface area contributed by atoms with Crippen molar-refractivity contribution in [2.45, 2.75) is 11.9 Å². The van der Waals surface area contributed by atoms with Gasteiger partial charge in [0, 0.05) is 39.3 Å². The summed E-state index contributed by atoms with van der Waals surface area (Å²) in [7, 11) is -3.82. The van der Waals surface area contributed by atoms with Gasteiger partial charge in [0.25, 0.3) is 10.0 Å². The molecule has 9 nitrogen and oxygen atoms in total. The lowest BCUT2D eigenvalue weighted by Gasteiger charge is -2.26. The highest BCUT2D eigenvalue weighted by molar-refractivity contribution is 7.89. The Hall–Kier alpha value is -1.49. The van der Waals surface area contributed by atoms with Crippen LogP contribution in [0.25, 0.3) is 0 Å². The monoisotopic (exact) mass is 331 g/mol. The van der Waals surface area contributed by atoms with Gasteiger partial charge in [0.05, 0.1) is 12.8 Å². The predicted octanol–water partition coefficient (Wildman–Crippen LogP) is -1.23. The Balaban J connectivity index is 1.95. The number of sulfonamides is 1. The average molecular weight is 331 g/mol. The van der Waals surface area contributed by atoms with Crippen LogP contribution in [0.1, 0.15) is 17.3 Å². The van der Waals surface area contributed by atoms with E-state index in [4.69, 9.17) is 4.74 Å². The van der Waals surface area contributed by atoms with E-state index < -0.39 is 16.0 Å². The van der Waals surface area contributed by atoms with E-state index in [-0.39, 0.29) is 23.7 Å². The minimum absolute atomic E-state index is 0.0866. The lowest BCUT2D eigenvalue weighted by Crippen LogP contribution is -2.46. The molecule has 0 saturated carbocycles. The number of hydrogen-bond donors (Lipinski definition) is 3. The molecule has 22 heavy (non-hydrogen) atoms. The number of nitrogens with one attached hydrogen (secondary N) is 3. The number of H-pyrrole nitrogens is 1. The summed E-state index contributed by atoms with van der Waals surface area (Å²) < 4.78 is 31.8. The Kier molecular flexibility index (Phi) is 5.89. The number of ether oxygens (including phenoxy) is 1. The number of piperazine rings is 1. The first-order valence-corrected chi connectivity index (χ1v) is 8.66. The summed E-state index contributed by atoms with van der Waals surface area (Å²) in [6, 6.07) is 0. The maximum atomic E-state index is 12.2. The second kappa shape index (κ2) is 7.68. The fraction of sp³-hybridized carbons (Fsp3) is 0.667. The Bertz CT molecular complexity index is 594. The normalized spacial score (nSPS) is 16.6. The van der Waals surface area contributed by atoms with E-state index in [1.807, 2.05) is 0 Å². The molecule has 0 aromatic carbocycles. The van der Waals surface area contributed by atoms with Crippen molar-refractivity contribution in [1.82, 2.24) is 25.1 Å². The van der Waals surface area contributed by atoms with Crippen LogP contribution in [-0.4, -0.2) is 75.4 Å². The minimum atomic E-state index is -3.82. The van der Waals surface area contributed by atoms with Gasteiger partial charge in [-0.15, -0.1) is 0 Å². The predicted molar refractivity (Wildman–Crippen MR) is 79.0 cm³/mol. The van der Waals surface area contributed by atoms with Crippen molar-refractivity contribution in [1.29, 1.82) is 0 Å². The number of carbonyl (C=O) groups is 1. The van der Waals surface area contributed by atoms with Crippen LogP contribution in [0.4, 0.5) is 0 Å². The summed E-state index contributed by atoms with van der Waals surface area (Å²) in [5, 5.41) is 8.95. The van der Waals surface area contributed by atoms with Gasteiger partial charge >= 0.3 is 5.97 Å². The fourth-order valence-electron chi connectivity index (χ4n) is 2.18. The summed E-state index contributed by atoms with van der Waals surface area (Å²) >= 11 is 0. The van der Waals surface area contributed by atoms with E-state index in [9.17, 15) is 13.2 Å². The van der Waals surface area contributed by atoms with Crippen molar-refractivity contribution >= 4 is 16.0 Å². The first kappa shape index (κ1) is 16.9. The Morgan fingerprint density at radius 3 is 2.86 bits per heavy atom. The van der Waals surface area contributed by atoms with Gasteiger partial charge in [-0.25, -0.2) is 17.9 Å². The summed E-state index contributed by atoms with van der Waals surface area (Å²) in [6.45, 7) is 6.28. The molecule has 0 atom stereocenters. The van der Waals surface area contributed by atoms with Crippen LogP contribution < -0.4 is 10.0 Å². The molecule has 1 saturated heterocycles. The van der Waals surface area contributed by atoms with E-state index in [2.05, 4.69) is 25.1 Å². The van der Waals surface area contributed by atoms with Crippen molar-refractivity contribution in [2.75, 3.05) is 45.9 Å². The zero-order valence-corrected chi connectivity index (χ0v) is 13.3. The molecule has 10 heteroatoms. The van der Waals surface area contributed by atoms with Gasteiger partial charge < -0.3 is 10.1 Å². The lowest BCUT2D eigenvalue weighted by molar-refractivity contribution is 0.0522. The standard InChI is InChI=1S/C12H21N5O4S/c1-2-21-12(18)10-9-14-16-11(10)22(19,20)15-5-8-17-6-3-13-4-7-17/h9,13,15H,2-8H2,1H3,(H,14,16). The number of esters is 1. The molecule has 1 aliphatic heterocycles. The van der Waals surface area contributed by atoms with Crippen molar-refractivity contribution in [2.24, 2.45) is 0 Å². The first-order valence-electron chi connectivity index (χ1n) is 7.18. The number of aromatic amines is 1. The van der Waals surface area contributed by atoms with Gasteiger partial charge in [-0.3, -0.25) is 10.00 Å². The second-order valence-electron chi connectivity index (χ2n) is 4.82. The number of rotatable bonds is 7. The van der Waals surface area contributed by atoms with Crippen molar-refractivity contribution < 1.29 is 17.9 Å². The van der Waals surface area contributed by atoms with Crippen LogP contribution in [0.5, 0.6) is 0 Å². The summed E-state index contributed by atoms with van der Waals surface area (Å²) in [4.78, 5) is 13.9. The highest BCUT2D eigenvalue weighted by atomic mass is 32.2. The molecule has 0 unspecified atom stereocenters. The molecule has 2 rings (SSSR count). The molecule has 1 aliphatic rings. The zero-order chi connectivity index (χ0) is 16.0. The number of carbonyl (C=O) groups excluding carboxylic acids is 1. The van der Waals surface area contributed by atoms with Gasteiger partial charge in [0.15, 0.2) is 5.03 Å². The summed E-state index contributed by atoms with van der Waals surface area (Å²) in [5.41, 5.74) is -0.0866. The third kappa shape index (κ3) is 4.26. The SMILES string of the molecule is CCOC(=O)c1cn[nH]c1S(=O)(=O)NCCN1CCNCC1. The fourth-order valence-corrected chi connectivity index (χ4v) is 3.28. The second-order valence-corrected chi connectivity index (χ2v) is 6.53. The molecule has 1 aromatic rings. The molecule has 2 heterocycles. The molecule has 1 aromatic heterocycles. The third-order valence-electron chi connectivity index (χ3n) is 3.30. The van der Waals surface area contributed by atoms with Crippen molar-refractivity contribution in [3.63, 3.8) is 0 Å². The van der Waals surface area contributed by atoms with Crippen molar-refractivity contribution in [3.8, 4) is 0 Å². The zero-order valence-electron chi connectivity index (χ0n) is 12.5. The Morgan fingerprint density at radius 2 is 2.18 bits per heavy atom. The highest BCUT2D eigenvalue weighted by Gasteiger charge is 2.25. The third-order valence-corrected chi connectivity index (χ3v) is 4.73. The van der Waals surface area contributed by atoms with Crippen LogP contribution in [0.3, 0.4) is 0 Å². The van der Waals surface area contributed by atoms with Gasteiger partial charge in [-0.2, -0.15) is 5.10 Å². The van der Waals surface area contributed by atoms with Crippen LogP contribution in [0.2, 0.25) is 0 Å². The molecular weight excluding hydrogens is 310 g/mol. The summed E-state index contributed by atoms with van der Waals surface area (Å²) in [6.07, 6.45) is 1.16. The van der Waals surface area contributed by atoms with E-state index in [1.54, 1.807) is 6.92 Å². The van der Waals surface area contributed by atoms with Crippen LogP contribution in [-0.2, 0) is 14.8 Å². The maximum absolute atomic E-state index is 12.2. The maximum Gasteiger partial charge on any atom is 0.342 e. The molecular formula is C12H21N5O4S. The largest absolute Gasteiger partial charge is 0.462 e. The van der Waals surface area contributed by atoms with Gasteiger partial charge in [-0.05, 0) is 6.92 Å². The minimum Gasteiger partial charge on any atom is -0.462 e. The molecule has 0 spiro atoms. The Labute approximate surface area is 129 Å². The lowest BCUT2D eigenvalue weighted by atomic mass is 10.3. The topological polar surface area (TPSA) is 116 Å². The quantitative estimate of drug-likeness (QED) is 0.536. The van der Waals surface area contributed by atoms with E-state index >= 15 is 0 Å². The number of aromatic nitrogens is 2. The average Bonchev–Trinajstić information content (AvgIpc) is 2.99. The molecule has 0 aliphatic carbocycles. The molecule has 3 N–H and O–H groups in total. The first-order chi connectivity index (χ1) is 10.5. The van der Waals surface area contributed by atoms with E-state index in [0.29, 0.717) is 6.54 Å². The molecule has 0 bridgehead atoms. The molecule has 1 fully saturated rings. The van der Waals surface area contributed by atoms with Gasteiger partial charge in [-0.1, -0.05) is 0 Å². The van der Waals surface area contributed by atoms with Crippen molar-refractivity contribution in [3.05, 3.63) is 11.8 Å². The van der Waals surface area contributed by atoms with E-state index in [1.165, 1.54) is 0 Å². The molecule has 124 valence electrons. The van der Waals surface area contributed by atoms with E-state index in [0.717, 1.165) is 32.4 Å². The van der Waals surface area contributed by atoms with Gasteiger partial charge in [0.1, 0.15) is 5.56 Å². The number of hydrogen-bond acceptors (Lipinski definition) is 7. The van der Waals surface area contributed by atoms with Crippen LogP contribution in [0, 0.1) is 0 Å². The molecule has 0 radical (unpaired) electrons.